The second kappa shape index (κ2) is 15.2. The predicted molar refractivity (Wildman–Crippen MR) is 270 cm³/mol. The molecule has 0 aliphatic rings. The third kappa shape index (κ3) is 5.93. The molecule has 0 N–H and O–H groups in total. The van der Waals surface area contributed by atoms with E-state index in [4.69, 9.17) is 0 Å². The van der Waals surface area contributed by atoms with Crippen molar-refractivity contribution in [3.8, 4) is 33.6 Å². The van der Waals surface area contributed by atoms with E-state index in [2.05, 4.69) is 264 Å². The van der Waals surface area contributed by atoms with Crippen LogP contribution in [0.5, 0.6) is 0 Å². The second-order valence-corrected chi connectivity index (χ2v) is 20.2. The lowest BCUT2D eigenvalue weighted by Gasteiger charge is -2.35. The molecule has 63 heavy (non-hydrogen) atoms. The summed E-state index contributed by atoms with van der Waals surface area (Å²) in [6.07, 6.45) is 0. The minimum absolute atomic E-state index is 1.14. The lowest BCUT2D eigenvalue weighted by atomic mass is 10.00. The summed E-state index contributed by atoms with van der Waals surface area (Å²) in [6.45, 7) is 0. The highest BCUT2D eigenvalue weighted by molar-refractivity contribution is 7.20. The molecule has 12 aromatic rings. The first kappa shape index (κ1) is 36.8. The topological polar surface area (TPSA) is 9.86 Å². The largest absolute Gasteiger partial charge is 0.309 e. The van der Waals surface area contributed by atoms with Crippen LogP contribution in [-0.2, 0) is 0 Å². The van der Waals surface area contributed by atoms with Crippen molar-refractivity contribution < 1.29 is 0 Å². The van der Waals surface area contributed by atoms with Gasteiger partial charge in [-0.25, -0.2) is 0 Å². The normalized spacial score (nSPS) is 11.8. The van der Waals surface area contributed by atoms with Crippen LogP contribution in [0.1, 0.15) is 0 Å². The number of benzene rings is 10. The Labute approximate surface area is 368 Å². The zero-order valence-electron chi connectivity index (χ0n) is 34.6. The van der Waals surface area contributed by atoms with Crippen molar-refractivity contribution in [1.29, 1.82) is 0 Å². The monoisotopic (exact) mass is 818 g/mol. The molecule has 2 heterocycles. The Hall–Kier alpha value is -7.98. The van der Waals surface area contributed by atoms with Crippen molar-refractivity contribution in [3.05, 3.63) is 255 Å². The maximum absolute atomic E-state index is 2.91. The molecule has 3 heteroatoms. The molecule has 296 valence electrons. The first-order chi connectivity index (χ1) is 31.3. The standard InChI is InChI=1S/C60H42N2Si/c1-5-19-43(20-6-1)44-35-37-45(38-36-44)46-21-17-22-47(41-46)61-56-32-15-14-30-53(56)55-42-48(39-40-58(55)61)62-57-33-16-13-29-52(57)54-31-18-34-59(60(54)62)63(49-23-7-2-8-24-49,50-25-9-3-10-26-50)51-27-11-4-12-28-51/h1-42H. The van der Waals surface area contributed by atoms with Crippen molar-refractivity contribution >= 4 is 72.4 Å². The maximum Gasteiger partial charge on any atom is 0.181 e. The molecule has 0 unspecified atom stereocenters. The Bertz CT molecular complexity index is 3490. The number of nitrogens with zero attached hydrogens (tertiary/aromatic N) is 2. The van der Waals surface area contributed by atoms with Crippen LogP contribution in [0.15, 0.2) is 255 Å². The lowest BCUT2D eigenvalue weighted by molar-refractivity contribution is 1.17. The Balaban J connectivity index is 1.09. The van der Waals surface area contributed by atoms with Crippen LogP contribution in [0.4, 0.5) is 0 Å². The van der Waals surface area contributed by atoms with Gasteiger partial charge in [-0.1, -0.05) is 212 Å². The predicted octanol–water partition coefficient (Wildman–Crippen LogP) is 12.6. The van der Waals surface area contributed by atoms with E-state index in [1.165, 1.54) is 86.6 Å². The van der Waals surface area contributed by atoms with E-state index in [9.17, 15) is 0 Å². The first-order valence-corrected chi connectivity index (χ1v) is 23.8. The summed E-state index contributed by atoms with van der Waals surface area (Å²) < 4.78 is 4.99. The van der Waals surface area contributed by atoms with Crippen molar-refractivity contribution in [2.24, 2.45) is 0 Å². The van der Waals surface area contributed by atoms with Crippen LogP contribution in [0.3, 0.4) is 0 Å². The van der Waals surface area contributed by atoms with E-state index in [1.54, 1.807) is 0 Å². The summed E-state index contributed by atoms with van der Waals surface area (Å²) in [5.41, 5.74) is 11.9. The van der Waals surface area contributed by atoms with Gasteiger partial charge in [0.25, 0.3) is 0 Å². The van der Waals surface area contributed by atoms with Crippen LogP contribution >= 0.6 is 0 Å². The van der Waals surface area contributed by atoms with E-state index in [-0.39, 0.29) is 0 Å². The second-order valence-electron chi connectivity index (χ2n) is 16.5. The Kier molecular flexibility index (Phi) is 8.87. The minimum atomic E-state index is -2.91. The molecule has 2 aromatic heterocycles. The van der Waals surface area contributed by atoms with Gasteiger partial charge in [-0.05, 0) is 85.5 Å². The van der Waals surface area contributed by atoms with Crippen molar-refractivity contribution in [1.82, 2.24) is 9.13 Å². The molecule has 0 atom stereocenters. The van der Waals surface area contributed by atoms with Gasteiger partial charge in [0.05, 0.1) is 22.1 Å². The Morgan fingerprint density at radius 1 is 0.254 bits per heavy atom. The fraction of sp³-hybridized carbons (Fsp3) is 0. The van der Waals surface area contributed by atoms with E-state index < -0.39 is 8.07 Å². The van der Waals surface area contributed by atoms with Gasteiger partial charge in [-0.15, -0.1) is 0 Å². The number of aromatic nitrogens is 2. The third-order valence-corrected chi connectivity index (χ3v) is 17.9. The molecule has 0 saturated carbocycles. The smallest absolute Gasteiger partial charge is 0.181 e. The molecule has 0 saturated heterocycles. The van der Waals surface area contributed by atoms with Gasteiger partial charge in [0, 0.05) is 32.9 Å². The summed E-state index contributed by atoms with van der Waals surface area (Å²) in [5.74, 6) is 0. The van der Waals surface area contributed by atoms with Gasteiger partial charge >= 0.3 is 0 Å². The van der Waals surface area contributed by atoms with Crippen LogP contribution < -0.4 is 20.7 Å². The fourth-order valence-corrected chi connectivity index (χ4v) is 15.3. The van der Waals surface area contributed by atoms with Gasteiger partial charge in [-0.3, -0.25) is 0 Å². The van der Waals surface area contributed by atoms with E-state index in [1.807, 2.05) is 0 Å². The van der Waals surface area contributed by atoms with Crippen molar-refractivity contribution in [2.45, 2.75) is 0 Å². The van der Waals surface area contributed by atoms with Crippen LogP contribution in [0.2, 0.25) is 0 Å². The number of para-hydroxylation sites is 3. The minimum Gasteiger partial charge on any atom is -0.309 e. The van der Waals surface area contributed by atoms with Gasteiger partial charge in [-0.2, -0.15) is 0 Å². The zero-order valence-corrected chi connectivity index (χ0v) is 35.6. The van der Waals surface area contributed by atoms with Crippen LogP contribution in [-0.4, -0.2) is 17.2 Å². The van der Waals surface area contributed by atoms with Crippen molar-refractivity contribution in [2.75, 3.05) is 0 Å². The summed E-state index contributed by atoms with van der Waals surface area (Å²) in [7, 11) is -2.91. The van der Waals surface area contributed by atoms with Crippen molar-refractivity contribution in [3.63, 3.8) is 0 Å². The quantitative estimate of drug-likeness (QED) is 0.107. The van der Waals surface area contributed by atoms with E-state index in [0.717, 1.165) is 11.4 Å². The van der Waals surface area contributed by atoms with Gasteiger partial charge in [0.15, 0.2) is 8.07 Å². The number of fused-ring (bicyclic) bond motifs is 6. The van der Waals surface area contributed by atoms with Gasteiger partial charge < -0.3 is 9.13 Å². The molecule has 0 amide bonds. The molecule has 10 aromatic carbocycles. The SMILES string of the molecule is c1ccc(-c2ccc(-c3cccc(-n4c5ccccc5c5cc(-n6c7ccccc7c7cccc([Si](c8ccccc8)(c8ccccc8)c8ccccc8)c76)ccc54)c3)cc2)cc1. The summed E-state index contributed by atoms with van der Waals surface area (Å²) >= 11 is 0. The average Bonchev–Trinajstić information content (AvgIpc) is 3.89. The lowest BCUT2D eigenvalue weighted by Crippen LogP contribution is -2.75. The summed E-state index contributed by atoms with van der Waals surface area (Å²) in [6, 6.07) is 94.2. The number of hydrogen-bond acceptors (Lipinski definition) is 0. The molecular formula is C60H42N2Si. The zero-order chi connectivity index (χ0) is 41.7. The Morgan fingerprint density at radius 2 is 0.683 bits per heavy atom. The number of hydrogen-bond donors (Lipinski definition) is 0. The Morgan fingerprint density at radius 3 is 1.30 bits per heavy atom. The molecule has 0 spiro atoms. The van der Waals surface area contributed by atoms with Crippen LogP contribution in [0.25, 0.3) is 77.2 Å². The summed E-state index contributed by atoms with van der Waals surface area (Å²) in [5, 5.41) is 10.4. The fourth-order valence-electron chi connectivity index (χ4n) is 10.3. The molecule has 2 nitrogen and oxygen atoms in total. The highest BCUT2D eigenvalue weighted by Crippen LogP contribution is 2.38. The van der Waals surface area contributed by atoms with Gasteiger partial charge in [0.2, 0.25) is 0 Å². The van der Waals surface area contributed by atoms with Gasteiger partial charge in [0.1, 0.15) is 0 Å². The molecule has 0 bridgehead atoms. The molecule has 0 radical (unpaired) electrons. The van der Waals surface area contributed by atoms with Crippen LogP contribution in [0, 0.1) is 0 Å². The van der Waals surface area contributed by atoms with E-state index in [0.29, 0.717) is 0 Å². The highest BCUT2D eigenvalue weighted by Gasteiger charge is 2.43. The highest BCUT2D eigenvalue weighted by atomic mass is 28.3. The maximum atomic E-state index is 2.56. The average molecular weight is 819 g/mol. The molecule has 0 fully saturated rings. The molecular weight excluding hydrogens is 777 g/mol. The first-order valence-electron chi connectivity index (χ1n) is 21.8. The number of rotatable bonds is 8. The summed E-state index contributed by atoms with van der Waals surface area (Å²) in [4.78, 5) is 0. The van der Waals surface area contributed by atoms with E-state index >= 15 is 0 Å². The molecule has 0 aliphatic carbocycles. The molecule has 0 aliphatic heterocycles. The molecule has 12 rings (SSSR count). The third-order valence-electron chi connectivity index (χ3n) is 13.1.